The van der Waals surface area contributed by atoms with Crippen molar-refractivity contribution in [3.05, 3.63) is 179 Å². The van der Waals surface area contributed by atoms with Gasteiger partial charge in [-0.2, -0.15) is 0 Å². The molecule has 0 unspecified atom stereocenters. The van der Waals surface area contributed by atoms with Crippen molar-refractivity contribution in [2.75, 3.05) is 0 Å². The molecule has 0 radical (unpaired) electrons. The second-order valence-corrected chi connectivity index (χ2v) is 9.45. The highest BCUT2D eigenvalue weighted by molar-refractivity contribution is 6.21. The van der Waals surface area contributed by atoms with Gasteiger partial charge in [0, 0.05) is 22.3 Å². The molecule has 5 rings (SSSR count). The van der Waals surface area contributed by atoms with Crippen molar-refractivity contribution < 1.29 is 19.2 Å². The highest BCUT2D eigenvalue weighted by atomic mass is 16.2. The third-order valence-corrected chi connectivity index (χ3v) is 6.89. The summed E-state index contributed by atoms with van der Waals surface area (Å²) in [5.41, 5.74) is 2.69. The van der Waals surface area contributed by atoms with Gasteiger partial charge in [-0.3, -0.25) is 19.2 Å². The molecule has 0 aliphatic rings. The van der Waals surface area contributed by atoms with Crippen molar-refractivity contribution in [2.24, 2.45) is 0 Å². The Morgan fingerprint density at radius 1 is 0.300 bits per heavy atom. The zero-order chi connectivity index (χ0) is 27.9. The van der Waals surface area contributed by atoms with Crippen LogP contribution in [0.1, 0.15) is 64.4 Å². The topological polar surface area (TPSA) is 68.3 Å². The average molecular weight is 523 g/mol. The molecule has 0 saturated carbocycles. The number of carbonyl (C=O) groups is 4. The first-order chi connectivity index (χ1) is 19.5. The Labute approximate surface area is 232 Å². The molecule has 0 saturated heterocycles. The van der Waals surface area contributed by atoms with Crippen LogP contribution in [-0.2, 0) is 0 Å². The summed E-state index contributed by atoms with van der Waals surface area (Å²) in [6, 6.07) is 41.5. The lowest BCUT2D eigenvalue weighted by Crippen LogP contribution is -2.24. The van der Waals surface area contributed by atoms with Crippen LogP contribution < -0.4 is 0 Å². The fraction of sp³-hybridized carbons (Fsp3) is 0.0556. The molecular formula is C36H26O4. The van der Waals surface area contributed by atoms with Crippen LogP contribution in [0, 0.1) is 0 Å². The number of rotatable bonds is 10. The highest BCUT2D eigenvalue weighted by Crippen LogP contribution is 2.30. The zero-order valence-electron chi connectivity index (χ0n) is 21.6. The van der Waals surface area contributed by atoms with Crippen LogP contribution >= 0.6 is 0 Å². The molecule has 40 heavy (non-hydrogen) atoms. The molecule has 4 nitrogen and oxygen atoms in total. The predicted molar refractivity (Wildman–Crippen MR) is 155 cm³/mol. The Balaban J connectivity index is 1.55. The fourth-order valence-electron chi connectivity index (χ4n) is 4.80. The van der Waals surface area contributed by atoms with Crippen LogP contribution in [0.5, 0.6) is 0 Å². The van der Waals surface area contributed by atoms with E-state index in [4.69, 9.17) is 0 Å². The van der Waals surface area contributed by atoms with E-state index >= 15 is 0 Å². The van der Waals surface area contributed by atoms with Gasteiger partial charge in [-0.15, -0.1) is 0 Å². The molecule has 4 heteroatoms. The SMILES string of the molecule is O=C(c1ccccc1)C(C(=O)c1ccccc1)c1ccc(C(C(=O)c2ccccc2)C(=O)c2ccccc2)cc1. The van der Waals surface area contributed by atoms with E-state index in [0.29, 0.717) is 33.4 Å². The van der Waals surface area contributed by atoms with Gasteiger partial charge in [0.2, 0.25) is 0 Å². The molecule has 194 valence electrons. The minimum absolute atomic E-state index is 0.320. The van der Waals surface area contributed by atoms with Crippen molar-refractivity contribution in [3.8, 4) is 0 Å². The minimum atomic E-state index is -1.08. The van der Waals surface area contributed by atoms with Gasteiger partial charge >= 0.3 is 0 Å². The molecule has 0 aliphatic carbocycles. The lowest BCUT2D eigenvalue weighted by Gasteiger charge is -2.19. The Kier molecular flexibility index (Phi) is 7.98. The quantitative estimate of drug-likeness (QED) is 0.142. The number of benzene rings is 5. The molecule has 0 amide bonds. The normalized spacial score (nSPS) is 10.8. The number of hydrogen-bond donors (Lipinski definition) is 0. The summed E-state index contributed by atoms with van der Waals surface area (Å²) in [5.74, 6) is -3.43. The van der Waals surface area contributed by atoms with E-state index in [1.54, 1.807) is 121 Å². The highest BCUT2D eigenvalue weighted by Gasteiger charge is 2.33. The van der Waals surface area contributed by atoms with E-state index in [1.807, 2.05) is 24.3 Å². The van der Waals surface area contributed by atoms with E-state index in [-0.39, 0.29) is 23.1 Å². The van der Waals surface area contributed by atoms with Crippen LogP contribution in [0.4, 0.5) is 0 Å². The van der Waals surface area contributed by atoms with Crippen LogP contribution in [0.3, 0.4) is 0 Å². The van der Waals surface area contributed by atoms with Crippen LogP contribution in [0.2, 0.25) is 0 Å². The molecule has 5 aromatic carbocycles. The minimum Gasteiger partial charge on any atom is -0.293 e. The maximum Gasteiger partial charge on any atom is 0.178 e. The van der Waals surface area contributed by atoms with Gasteiger partial charge < -0.3 is 0 Å². The van der Waals surface area contributed by atoms with E-state index in [0.717, 1.165) is 0 Å². The van der Waals surface area contributed by atoms with Gasteiger partial charge in [0.1, 0.15) is 11.8 Å². The van der Waals surface area contributed by atoms with Crippen molar-refractivity contribution in [1.29, 1.82) is 0 Å². The van der Waals surface area contributed by atoms with Gasteiger partial charge in [-0.05, 0) is 11.1 Å². The summed E-state index contributed by atoms with van der Waals surface area (Å²) in [6.45, 7) is 0. The smallest absolute Gasteiger partial charge is 0.178 e. The van der Waals surface area contributed by atoms with E-state index < -0.39 is 11.8 Å². The average Bonchev–Trinajstić information content (AvgIpc) is 3.03. The maximum atomic E-state index is 13.6. The molecule has 0 aliphatic heterocycles. The van der Waals surface area contributed by atoms with Gasteiger partial charge in [0.05, 0.1) is 0 Å². The van der Waals surface area contributed by atoms with Crippen LogP contribution in [0.25, 0.3) is 0 Å². The molecule has 0 N–H and O–H groups in total. The van der Waals surface area contributed by atoms with E-state index in [2.05, 4.69) is 0 Å². The summed E-state index contributed by atoms with van der Waals surface area (Å²) in [6.07, 6.45) is 0. The Bertz CT molecular complexity index is 1400. The maximum absolute atomic E-state index is 13.6. The summed E-state index contributed by atoms with van der Waals surface area (Å²) in [5, 5.41) is 0. The van der Waals surface area contributed by atoms with E-state index in [1.165, 1.54) is 0 Å². The standard InChI is InChI=1S/C36H26O4/c37-33(27-13-5-1-6-14-27)31(34(38)28-15-7-2-8-16-28)25-21-23-26(24-22-25)32(35(39)29-17-9-3-10-18-29)36(40)30-19-11-4-12-20-30/h1-24,31-32H. The first-order valence-corrected chi connectivity index (χ1v) is 13.0. The van der Waals surface area contributed by atoms with Crippen LogP contribution in [-0.4, -0.2) is 23.1 Å². The first kappa shape index (κ1) is 26.4. The van der Waals surface area contributed by atoms with Gasteiger partial charge in [-0.1, -0.05) is 146 Å². The molecular weight excluding hydrogens is 496 g/mol. The molecule has 0 heterocycles. The molecule has 0 atom stereocenters. The van der Waals surface area contributed by atoms with Crippen molar-refractivity contribution in [3.63, 3.8) is 0 Å². The summed E-state index contributed by atoms with van der Waals surface area (Å²) < 4.78 is 0. The van der Waals surface area contributed by atoms with E-state index in [9.17, 15) is 19.2 Å². The van der Waals surface area contributed by atoms with Crippen LogP contribution in [0.15, 0.2) is 146 Å². The molecule has 0 aromatic heterocycles. The second-order valence-electron chi connectivity index (χ2n) is 9.45. The fourth-order valence-corrected chi connectivity index (χ4v) is 4.80. The molecule has 0 fully saturated rings. The first-order valence-electron chi connectivity index (χ1n) is 13.0. The molecule has 0 spiro atoms. The van der Waals surface area contributed by atoms with Gasteiger partial charge in [0.15, 0.2) is 23.1 Å². The number of carbonyl (C=O) groups excluding carboxylic acids is 4. The Morgan fingerprint density at radius 3 is 0.700 bits per heavy atom. The zero-order valence-corrected chi connectivity index (χ0v) is 21.6. The summed E-state index contributed by atoms with van der Waals surface area (Å²) in [7, 11) is 0. The number of Topliss-reactive ketones (excluding diaryl/α,β-unsaturated/α-hetero) is 4. The lowest BCUT2D eigenvalue weighted by molar-refractivity contribution is 0.0842. The van der Waals surface area contributed by atoms with Crippen molar-refractivity contribution in [1.82, 2.24) is 0 Å². The Morgan fingerprint density at radius 2 is 0.500 bits per heavy atom. The molecule has 0 bridgehead atoms. The monoisotopic (exact) mass is 522 g/mol. The summed E-state index contributed by atoms with van der Waals surface area (Å²) >= 11 is 0. The third-order valence-electron chi connectivity index (χ3n) is 6.89. The predicted octanol–water partition coefficient (Wildman–Crippen LogP) is 7.39. The van der Waals surface area contributed by atoms with Crippen molar-refractivity contribution >= 4 is 23.1 Å². The van der Waals surface area contributed by atoms with Gasteiger partial charge in [-0.25, -0.2) is 0 Å². The lowest BCUT2D eigenvalue weighted by atomic mass is 9.81. The third kappa shape index (κ3) is 5.62. The van der Waals surface area contributed by atoms with Gasteiger partial charge in [0.25, 0.3) is 0 Å². The Hall–Kier alpha value is -5.22. The van der Waals surface area contributed by atoms with Crippen molar-refractivity contribution in [2.45, 2.75) is 11.8 Å². The second kappa shape index (κ2) is 12.1. The number of ketones is 4. The number of hydrogen-bond acceptors (Lipinski definition) is 4. The summed E-state index contributed by atoms with van der Waals surface area (Å²) in [4.78, 5) is 54.5. The largest absolute Gasteiger partial charge is 0.293 e. The molecule has 5 aromatic rings.